The molecule has 1 amide bonds. The molecule has 0 spiro atoms. The van der Waals surface area contributed by atoms with Crippen molar-refractivity contribution in [3.63, 3.8) is 0 Å². The van der Waals surface area contributed by atoms with Gasteiger partial charge in [-0.3, -0.25) is 20.3 Å². The maximum Gasteiger partial charge on any atom is 0.573 e. The van der Waals surface area contributed by atoms with Gasteiger partial charge in [-0.2, -0.15) is 9.97 Å². The lowest BCUT2D eigenvalue weighted by Gasteiger charge is -2.07. The summed E-state index contributed by atoms with van der Waals surface area (Å²) in [4.78, 5) is 45.4. The number of carbonyl (C=O) groups is 2. The van der Waals surface area contributed by atoms with Crippen molar-refractivity contribution in [3.05, 3.63) is 83.9 Å². The number of oxazole rings is 2. The van der Waals surface area contributed by atoms with E-state index < -0.39 is 36.1 Å². The van der Waals surface area contributed by atoms with Crippen LogP contribution in [0, 0.1) is 0 Å². The molecule has 0 radical (unpaired) electrons. The smallest absolute Gasteiger partial charge is 0.478 e. The molecule has 0 unspecified atom stereocenters. The van der Waals surface area contributed by atoms with Crippen molar-refractivity contribution in [1.29, 1.82) is 0 Å². The monoisotopic (exact) mass is 841 g/mol. The van der Waals surface area contributed by atoms with E-state index in [4.69, 9.17) is 18.8 Å². The Morgan fingerprint density at radius 2 is 1.13 bits per heavy atom. The number of carboxylic acids is 1. The molecule has 0 bridgehead atoms. The molecule has 4 aromatic heterocycles. The molecule has 17 nitrogen and oxygen atoms in total. The van der Waals surface area contributed by atoms with E-state index in [0.717, 1.165) is 36.2 Å². The van der Waals surface area contributed by atoms with Gasteiger partial charge in [0.2, 0.25) is 11.9 Å². The Hall–Kier alpha value is -7.56. The highest BCUT2D eigenvalue weighted by molar-refractivity contribution is 5.97. The number of hydrogen-bond acceptors (Lipinski definition) is 13. The molecule has 0 saturated heterocycles. The Bertz CT molecular complexity index is 2880. The number of nitrogens with zero attached hydrogens (tertiary/aromatic N) is 6. The second-order valence-corrected chi connectivity index (χ2v) is 12.6. The van der Waals surface area contributed by atoms with E-state index in [1.54, 1.807) is 47.5 Å². The van der Waals surface area contributed by atoms with E-state index in [1.165, 1.54) is 24.3 Å². The molecule has 0 aliphatic rings. The molecule has 8 rings (SSSR count). The van der Waals surface area contributed by atoms with Gasteiger partial charge < -0.3 is 32.5 Å². The normalized spacial score (nSPS) is 11.8. The first-order valence-corrected chi connectivity index (χ1v) is 17.4. The summed E-state index contributed by atoms with van der Waals surface area (Å²) in [5.74, 6) is -1.63. The van der Waals surface area contributed by atoms with E-state index in [0.29, 0.717) is 51.7 Å². The molecule has 0 atom stereocenters. The molecule has 0 aliphatic heterocycles. The fourth-order valence-electron chi connectivity index (χ4n) is 5.68. The van der Waals surface area contributed by atoms with Gasteiger partial charge in [-0.05, 0) is 67.1 Å². The van der Waals surface area contributed by atoms with Crippen LogP contribution in [0.4, 0.5) is 50.3 Å². The minimum Gasteiger partial charge on any atom is -0.478 e. The molecule has 0 saturated carbocycles. The minimum absolute atomic E-state index is 0.0102. The third kappa shape index (κ3) is 9.25. The van der Waals surface area contributed by atoms with Crippen LogP contribution in [0.3, 0.4) is 0 Å². The van der Waals surface area contributed by atoms with Gasteiger partial charge >= 0.3 is 30.7 Å². The largest absolute Gasteiger partial charge is 0.573 e. The number of aromatic carboxylic acids is 1. The van der Waals surface area contributed by atoms with Crippen LogP contribution in [0.1, 0.15) is 34.1 Å². The van der Waals surface area contributed by atoms with Gasteiger partial charge in [0.15, 0.2) is 11.2 Å². The number of carbonyl (C=O) groups excluding carboxylic acids is 1. The maximum atomic E-state index is 12.4. The number of imidazole rings is 2. The number of halogens is 6. The Balaban J connectivity index is 0.000000183. The van der Waals surface area contributed by atoms with Gasteiger partial charge in [0, 0.05) is 31.8 Å². The summed E-state index contributed by atoms with van der Waals surface area (Å²) < 4.78 is 96.3. The Kier molecular flexibility index (Phi) is 10.8. The second kappa shape index (κ2) is 16.0. The Morgan fingerprint density at radius 3 is 1.58 bits per heavy atom. The predicted octanol–water partition coefficient (Wildman–Crippen LogP) is 8.48. The molecule has 8 aromatic rings. The zero-order valence-electron chi connectivity index (χ0n) is 31.1. The first-order valence-electron chi connectivity index (χ1n) is 17.4. The zero-order chi connectivity index (χ0) is 42.9. The average Bonchev–Trinajstić information content (AvgIpc) is 3.93. The van der Waals surface area contributed by atoms with Crippen molar-refractivity contribution < 1.29 is 64.2 Å². The predicted molar refractivity (Wildman–Crippen MR) is 200 cm³/mol. The number of alkyl halides is 6. The van der Waals surface area contributed by atoms with Crippen LogP contribution in [-0.4, -0.2) is 65.4 Å². The average molecular weight is 842 g/mol. The minimum atomic E-state index is -4.81. The number of anilines is 4. The molecule has 312 valence electrons. The summed E-state index contributed by atoms with van der Waals surface area (Å²) in [6.45, 7) is 2.33. The van der Waals surface area contributed by atoms with Crippen LogP contribution in [0.25, 0.3) is 44.3 Å². The zero-order valence-corrected chi connectivity index (χ0v) is 31.1. The number of aromatic nitrogens is 6. The number of nitrogens with one attached hydrogen (secondary N) is 3. The molecule has 60 heavy (non-hydrogen) atoms. The summed E-state index contributed by atoms with van der Waals surface area (Å²) >= 11 is 0. The number of hydroxylamine groups is 1. The molecular formula is C37H29F6N9O8. The lowest BCUT2D eigenvalue weighted by Crippen LogP contribution is -2.23. The number of carboxylic acid groups (broad SMARTS) is 1. The lowest BCUT2D eigenvalue weighted by molar-refractivity contribution is -0.275. The van der Waals surface area contributed by atoms with Gasteiger partial charge in [0.05, 0.1) is 34.2 Å². The van der Waals surface area contributed by atoms with Crippen molar-refractivity contribution in [2.45, 2.75) is 26.1 Å². The number of rotatable bonds is 11. The summed E-state index contributed by atoms with van der Waals surface area (Å²) in [6, 6.07) is 16.7. The lowest BCUT2D eigenvalue weighted by atomic mass is 10.2. The van der Waals surface area contributed by atoms with Gasteiger partial charge in [0.25, 0.3) is 5.91 Å². The Labute approximate surface area is 331 Å². The SMILES string of the molecule is CCCONC(=O)c1ccc2c(c1)nc(Nc1nc3ccc(OC(F)(F)F)cc3o1)n2C.Cn1c(Nc2nc3ccc(OC(F)(F)F)cc3o2)nc2cc(C(=O)O)ccc21. The molecule has 0 fully saturated rings. The number of amides is 1. The second-order valence-electron chi connectivity index (χ2n) is 12.6. The van der Waals surface area contributed by atoms with Gasteiger partial charge in [-0.15, -0.1) is 26.3 Å². The van der Waals surface area contributed by atoms with E-state index >= 15 is 0 Å². The van der Waals surface area contributed by atoms with Crippen molar-refractivity contribution >= 4 is 80.1 Å². The number of ether oxygens (including phenoxy) is 2. The standard InChI is InChI=1S/C20H18F3N5O4.C17H11F3N4O4/c1-3-8-30-27-17(29)11-4-7-15-14(9-11)24-18(28(15)2)26-19-25-13-6-5-12(10-16(13)31-19)32-20(21,22)23;1-24-12-5-2-8(14(25)26)6-11(12)21-15(24)23-16-22-10-4-3-9(7-13(10)27-16)28-17(18,19)20/h4-7,9-10H,3,8H2,1-2H3,(H,27,29)(H,24,25,26);2-7H,1H3,(H,25,26)(H,21,22,23). The van der Waals surface area contributed by atoms with Crippen LogP contribution in [0.2, 0.25) is 0 Å². The third-order valence-corrected chi connectivity index (χ3v) is 8.37. The summed E-state index contributed by atoms with van der Waals surface area (Å²) in [5.41, 5.74) is 6.08. The van der Waals surface area contributed by atoms with E-state index in [9.17, 15) is 35.9 Å². The van der Waals surface area contributed by atoms with Crippen molar-refractivity contribution in [1.82, 2.24) is 34.6 Å². The number of aryl methyl sites for hydroxylation is 2. The van der Waals surface area contributed by atoms with E-state index in [2.05, 4.69) is 45.5 Å². The summed E-state index contributed by atoms with van der Waals surface area (Å²) in [6.07, 6.45) is -8.85. The van der Waals surface area contributed by atoms with Crippen LogP contribution in [0.5, 0.6) is 11.5 Å². The third-order valence-electron chi connectivity index (χ3n) is 8.37. The quantitative estimate of drug-likeness (QED) is 0.0548. The van der Waals surface area contributed by atoms with E-state index in [1.807, 2.05) is 6.92 Å². The molecule has 4 heterocycles. The topological polar surface area (TPSA) is 206 Å². The Morgan fingerprint density at radius 1 is 0.667 bits per heavy atom. The fourth-order valence-corrected chi connectivity index (χ4v) is 5.68. The maximum absolute atomic E-state index is 12.4. The fraction of sp³-hybridized carbons (Fsp3) is 0.189. The molecule has 4 N–H and O–H groups in total. The molecule has 23 heteroatoms. The highest BCUT2D eigenvalue weighted by Gasteiger charge is 2.32. The van der Waals surface area contributed by atoms with Gasteiger partial charge in [0.1, 0.15) is 22.5 Å². The van der Waals surface area contributed by atoms with Crippen LogP contribution in [-0.2, 0) is 18.9 Å². The number of benzene rings is 4. The van der Waals surface area contributed by atoms with Crippen LogP contribution < -0.4 is 25.6 Å². The van der Waals surface area contributed by atoms with Gasteiger partial charge in [-0.25, -0.2) is 20.2 Å². The molecular weight excluding hydrogens is 812 g/mol. The molecule has 4 aromatic carbocycles. The van der Waals surface area contributed by atoms with Crippen LogP contribution in [0.15, 0.2) is 81.6 Å². The summed E-state index contributed by atoms with van der Waals surface area (Å²) in [5, 5.41) is 14.8. The first-order chi connectivity index (χ1) is 28.4. The molecule has 0 aliphatic carbocycles. The first kappa shape index (κ1) is 40.6. The van der Waals surface area contributed by atoms with Gasteiger partial charge in [-0.1, -0.05) is 6.92 Å². The number of hydrogen-bond donors (Lipinski definition) is 4. The van der Waals surface area contributed by atoms with Crippen molar-refractivity contribution in [2.24, 2.45) is 14.1 Å². The number of fused-ring (bicyclic) bond motifs is 4. The van der Waals surface area contributed by atoms with Crippen molar-refractivity contribution in [3.8, 4) is 11.5 Å². The highest BCUT2D eigenvalue weighted by atomic mass is 19.4. The van der Waals surface area contributed by atoms with Crippen molar-refractivity contribution in [2.75, 3.05) is 17.2 Å². The highest BCUT2D eigenvalue weighted by Crippen LogP contribution is 2.31. The summed E-state index contributed by atoms with van der Waals surface area (Å²) in [7, 11) is 3.45. The van der Waals surface area contributed by atoms with E-state index in [-0.39, 0.29) is 28.8 Å². The van der Waals surface area contributed by atoms with Crippen LogP contribution >= 0.6 is 0 Å².